The Morgan fingerprint density at radius 2 is 1.75 bits per heavy atom. The van der Waals surface area contributed by atoms with E-state index in [4.69, 9.17) is 0 Å². The minimum absolute atomic E-state index is 0.0219. The molecule has 1 aromatic carbocycles. The van der Waals surface area contributed by atoms with Crippen molar-refractivity contribution in [1.29, 1.82) is 0 Å². The minimum Gasteiger partial charge on any atom is -0.336 e. The Hall–Kier alpha value is -1.31. The third kappa shape index (κ3) is 2.74. The van der Waals surface area contributed by atoms with E-state index in [2.05, 4.69) is 51.7 Å². The van der Waals surface area contributed by atoms with Gasteiger partial charge in [0.05, 0.1) is 5.92 Å². The molecule has 0 aromatic heterocycles. The van der Waals surface area contributed by atoms with E-state index in [-0.39, 0.29) is 5.92 Å². The summed E-state index contributed by atoms with van der Waals surface area (Å²) < 4.78 is 0. The second-order valence-corrected chi connectivity index (χ2v) is 6.68. The highest BCUT2D eigenvalue weighted by Gasteiger charge is 2.40. The number of hydrogen-bond acceptors (Lipinski definition) is 1. The number of carbonyl (C=O) groups excluding carboxylic acids is 1. The molecule has 0 spiro atoms. The van der Waals surface area contributed by atoms with Crippen molar-refractivity contribution >= 4 is 5.91 Å². The summed E-state index contributed by atoms with van der Waals surface area (Å²) in [6, 6.07) is 10.9. The van der Waals surface area contributed by atoms with Crippen molar-refractivity contribution in [1.82, 2.24) is 4.90 Å². The Kier molecular flexibility index (Phi) is 4.52. The van der Waals surface area contributed by atoms with Crippen LogP contribution in [0.5, 0.6) is 0 Å². The summed E-state index contributed by atoms with van der Waals surface area (Å²) in [5.74, 6) is 1.19. The van der Waals surface area contributed by atoms with E-state index in [1.54, 1.807) is 0 Å². The van der Waals surface area contributed by atoms with Gasteiger partial charge in [0.2, 0.25) is 5.91 Å². The lowest BCUT2D eigenvalue weighted by atomic mass is 9.87. The van der Waals surface area contributed by atoms with Gasteiger partial charge in [-0.15, -0.1) is 0 Å². The highest BCUT2D eigenvalue weighted by atomic mass is 16.2. The van der Waals surface area contributed by atoms with Crippen molar-refractivity contribution in [2.75, 3.05) is 0 Å². The second-order valence-electron chi connectivity index (χ2n) is 6.68. The van der Waals surface area contributed by atoms with Gasteiger partial charge in [0.25, 0.3) is 0 Å². The summed E-state index contributed by atoms with van der Waals surface area (Å²) >= 11 is 0. The molecule has 0 N–H and O–H groups in total. The predicted molar refractivity (Wildman–Crippen MR) is 83.6 cm³/mol. The number of rotatable bonds is 3. The van der Waals surface area contributed by atoms with Gasteiger partial charge in [-0.3, -0.25) is 4.79 Å². The van der Waals surface area contributed by atoms with Gasteiger partial charge in [-0.25, -0.2) is 0 Å². The van der Waals surface area contributed by atoms with E-state index in [0.717, 1.165) is 12.0 Å². The van der Waals surface area contributed by atoms with Crippen LogP contribution < -0.4 is 0 Å². The maximum atomic E-state index is 13.1. The van der Waals surface area contributed by atoms with Gasteiger partial charge in [-0.05, 0) is 37.7 Å². The molecule has 110 valence electrons. The van der Waals surface area contributed by atoms with Gasteiger partial charge >= 0.3 is 0 Å². The van der Waals surface area contributed by atoms with Crippen LogP contribution in [0.25, 0.3) is 0 Å². The number of amides is 1. The summed E-state index contributed by atoms with van der Waals surface area (Å²) in [6.45, 7) is 10.9. The molecule has 0 aliphatic carbocycles. The van der Waals surface area contributed by atoms with Crippen molar-refractivity contribution in [3.63, 3.8) is 0 Å². The van der Waals surface area contributed by atoms with Crippen molar-refractivity contribution < 1.29 is 4.79 Å². The maximum Gasteiger partial charge on any atom is 0.230 e. The zero-order valence-corrected chi connectivity index (χ0v) is 13.3. The van der Waals surface area contributed by atoms with Gasteiger partial charge in [0, 0.05) is 12.1 Å². The van der Waals surface area contributed by atoms with Crippen LogP contribution in [0.15, 0.2) is 30.3 Å². The van der Waals surface area contributed by atoms with Gasteiger partial charge in [-0.1, -0.05) is 51.1 Å². The summed E-state index contributed by atoms with van der Waals surface area (Å²) in [4.78, 5) is 15.2. The third-order valence-corrected chi connectivity index (χ3v) is 4.80. The summed E-state index contributed by atoms with van der Waals surface area (Å²) in [5.41, 5.74) is 1.14. The van der Waals surface area contributed by atoms with Crippen LogP contribution in [0.3, 0.4) is 0 Å². The Morgan fingerprint density at radius 1 is 1.15 bits per heavy atom. The lowest BCUT2D eigenvalue weighted by molar-refractivity contribution is -0.136. The third-order valence-electron chi connectivity index (χ3n) is 4.80. The minimum atomic E-state index is -0.0219. The van der Waals surface area contributed by atoms with Crippen molar-refractivity contribution in [2.24, 2.45) is 11.8 Å². The molecule has 4 atom stereocenters. The van der Waals surface area contributed by atoms with Crippen LogP contribution in [-0.4, -0.2) is 22.9 Å². The lowest BCUT2D eigenvalue weighted by Gasteiger charge is -2.33. The fourth-order valence-corrected chi connectivity index (χ4v) is 3.58. The number of nitrogens with zero attached hydrogens (tertiary/aromatic N) is 1. The maximum absolute atomic E-state index is 13.1. The molecule has 0 bridgehead atoms. The Morgan fingerprint density at radius 3 is 2.20 bits per heavy atom. The van der Waals surface area contributed by atoms with Gasteiger partial charge in [-0.2, -0.15) is 0 Å². The monoisotopic (exact) mass is 273 g/mol. The van der Waals surface area contributed by atoms with Crippen LogP contribution in [0.2, 0.25) is 0 Å². The summed E-state index contributed by atoms with van der Waals surface area (Å²) in [6.07, 6.45) is 1.12. The fraction of sp³-hybridized carbons (Fsp3) is 0.611. The molecular weight excluding hydrogens is 246 g/mol. The van der Waals surface area contributed by atoms with Gasteiger partial charge < -0.3 is 4.90 Å². The average molecular weight is 273 g/mol. The summed E-state index contributed by atoms with van der Waals surface area (Å²) in [5, 5.41) is 0. The lowest BCUT2D eigenvalue weighted by Crippen LogP contribution is -2.43. The zero-order valence-electron chi connectivity index (χ0n) is 13.3. The molecule has 1 saturated heterocycles. The van der Waals surface area contributed by atoms with E-state index in [9.17, 15) is 4.79 Å². The molecular formula is C18H27NO. The first-order valence-electron chi connectivity index (χ1n) is 7.80. The quantitative estimate of drug-likeness (QED) is 0.813. The van der Waals surface area contributed by atoms with Gasteiger partial charge in [0.15, 0.2) is 0 Å². The van der Waals surface area contributed by atoms with Crippen molar-refractivity contribution in [3.05, 3.63) is 35.9 Å². The van der Waals surface area contributed by atoms with Crippen LogP contribution in [0, 0.1) is 11.8 Å². The van der Waals surface area contributed by atoms with E-state index < -0.39 is 0 Å². The number of benzene rings is 1. The van der Waals surface area contributed by atoms with Crippen molar-refractivity contribution in [2.45, 2.75) is 59.0 Å². The summed E-state index contributed by atoms with van der Waals surface area (Å²) in [7, 11) is 0. The molecule has 1 amide bonds. The van der Waals surface area contributed by atoms with Crippen LogP contribution in [0.1, 0.15) is 52.5 Å². The molecule has 3 unspecified atom stereocenters. The molecule has 1 heterocycles. The first-order chi connectivity index (χ1) is 9.43. The molecule has 1 fully saturated rings. The molecule has 20 heavy (non-hydrogen) atoms. The predicted octanol–water partition coefficient (Wildman–Crippen LogP) is 4.07. The molecule has 0 saturated carbocycles. The highest BCUT2D eigenvalue weighted by molar-refractivity contribution is 5.85. The first-order valence-corrected chi connectivity index (χ1v) is 7.80. The van der Waals surface area contributed by atoms with E-state index in [1.165, 1.54) is 0 Å². The van der Waals surface area contributed by atoms with Gasteiger partial charge in [0.1, 0.15) is 0 Å². The average Bonchev–Trinajstić information content (AvgIpc) is 2.64. The smallest absolute Gasteiger partial charge is 0.230 e. The standard InChI is InChI=1S/C18H27NO/c1-12(2)17(16-9-7-6-8-10-16)18(20)19-14(4)11-13(3)15(19)5/h6-10,12-15,17H,11H2,1-5H3/t13?,14-,15?,17?/m1/s1. The van der Waals surface area contributed by atoms with E-state index in [1.807, 2.05) is 18.2 Å². The largest absolute Gasteiger partial charge is 0.336 e. The van der Waals surface area contributed by atoms with Crippen LogP contribution >= 0.6 is 0 Å². The molecule has 2 rings (SSSR count). The van der Waals surface area contributed by atoms with Crippen molar-refractivity contribution in [3.8, 4) is 0 Å². The Bertz CT molecular complexity index is 454. The Balaban J connectivity index is 2.29. The van der Waals surface area contributed by atoms with Crippen LogP contribution in [0.4, 0.5) is 0 Å². The molecule has 0 radical (unpaired) electrons. The second kappa shape index (κ2) is 5.99. The fourth-order valence-electron chi connectivity index (χ4n) is 3.58. The normalized spacial score (nSPS) is 27.9. The first kappa shape index (κ1) is 15.1. The molecule has 1 aliphatic rings. The molecule has 2 heteroatoms. The molecule has 1 aliphatic heterocycles. The number of carbonyl (C=O) groups is 1. The SMILES string of the molecule is CC(C)C(C(=O)N1C(C)C(C)C[C@H]1C)c1ccccc1. The zero-order chi connectivity index (χ0) is 14.9. The topological polar surface area (TPSA) is 20.3 Å². The number of hydrogen-bond donors (Lipinski definition) is 0. The molecule has 1 aromatic rings. The Labute approximate surface area is 123 Å². The highest BCUT2D eigenvalue weighted by Crippen LogP contribution is 2.35. The number of likely N-dealkylation sites (tertiary alicyclic amines) is 1. The van der Waals surface area contributed by atoms with E-state index in [0.29, 0.717) is 29.8 Å². The molecule has 2 nitrogen and oxygen atoms in total. The van der Waals surface area contributed by atoms with E-state index >= 15 is 0 Å². The van der Waals surface area contributed by atoms with Crippen LogP contribution in [-0.2, 0) is 4.79 Å².